The van der Waals surface area contributed by atoms with Crippen molar-refractivity contribution in [2.24, 2.45) is 16.7 Å². The summed E-state index contributed by atoms with van der Waals surface area (Å²) < 4.78 is 0. The van der Waals surface area contributed by atoms with E-state index in [-0.39, 0.29) is 0 Å². The van der Waals surface area contributed by atoms with E-state index >= 15 is 0 Å². The minimum absolute atomic E-state index is 0.418. The Hall–Kier alpha value is -2.03. The Kier molecular flexibility index (Phi) is 7.95. The van der Waals surface area contributed by atoms with Crippen molar-refractivity contribution in [1.82, 2.24) is 0 Å². The third kappa shape index (κ3) is 6.80. The molecule has 0 radical (unpaired) electrons. The molecule has 1 rings (SSSR count). The third-order valence-electron chi connectivity index (χ3n) is 3.46. The summed E-state index contributed by atoms with van der Waals surface area (Å²) >= 11 is 0. The van der Waals surface area contributed by atoms with E-state index in [2.05, 4.69) is 42.9 Å². The van der Waals surface area contributed by atoms with Crippen molar-refractivity contribution < 1.29 is 0 Å². The molecule has 0 aliphatic heterocycles. The highest BCUT2D eigenvalue weighted by Gasteiger charge is 1.97. The Balaban J connectivity index is 2.47. The number of unbranched alkanes of at least 4 members (excludes halogenated alkanes) is 3. The molecule has 0 saturated heterocycles. The third-order valence-corrected chi connectivity index (χ3v) is 3.46. The minimum atomic E-state index is 0.418. The quantitative estimate of drug-likeness (QED) is 0.180. The smallest absolute Gasteiger partial charge is 0.123 e. The van der Waals surface area contributed by atoms with Gasteiger partial charge < -0.3 is 11.6 Å². The van der Waals surface area contributed by atoms with Gasteiger partial charge in [0.2, 0.25) is 0 Å². The lowest BCUT2D eigenvalue weighted by molar-refractivity contribution is 0.667. The van der Waals surface area contributed by atoms with Crippen LogP contribution in [0.1, 0.15) is 50.2 Å². The van der Waals surface area contributed by atoms with Gasteiger partial charge in [0.05, 0.1) is 0 Å². The molecule has 21 heavy (non-hydrogen) atoms. The van der Waals surface area contributed by atoms with E-state index in [1.807, 2.05) is 12.2 Å². The zero-order chi connectivity index (χ0) is 15.5. The minimum Gasteiger partial charge on any atom is -0.385 e. The molecule has 0 atom stereocenters. The van der Waals surface area contributed by atoms with E-state index in [1.165, 1.54) is 31.2 Å². The number of amidine groups is 1. The monoisotopic (exact) mass is 285 g/mol. The summed E-state index contributed by atoms with van der Waals surface area (Å²) in [4.78, 5) is 0. The summed E-state index contributed by atoms with van der Waals surface area (Å²) in [6, 6.07) is 8.64. The second-order valence-electron chi connectivity index (χ2n) is 5.26. The second kappa shape index (κ2) is 9.81. The first-order chi connectivity index (χ1) is 10.2. The predicted molar refractivity (Wildman–Crippen MR) is 92.9 cm³/mol. The zero-order valence-corrected chi connectivity index (χ0v) is 13.0. The largest absolute Gasteiger partial charge is 0.385 e. The molecular weight excluding hydrogens is 258 g/mol. The number of nitrogens with zero attached hydrogens (tertiary/aromatic N) is 1. The molecule has 114 valence electrons. The van der Waals surface area contributed by atoms with Gasteiger partial charge in [-0.25, -0.2) is 0 Å². The molecule has 0 fully saturated rings. The normalized spacial score (nSPS) is 12.0. The van der Waals surface area contributed by atoms with Gasteiger partial charge in [0.15, 0.2) is 0 Å². The summed E-state index contributed by atoms with van der Waals surface area (Å²) in [6.45, 7) is 6.30. The summed E-state index contributed by atoms with van der Waals surface area (Å²) in [6.07, 6.45) is 10.8. The van der Waals surface area contributed by atoms with Crippen molar-refractivity contribution in [1.29, 1.82) is 0 Å². The van der Waals surface area contributed by atoms with E-state index in [4.69, 9.17) is 11.6 Å². The van der Waals surface area contributed by atoms with Crippen molar-refractivity contribution in [3.63, 3.8) is 0 Å². The van der Waals surface area contributed by atoms with Crippen LogP contribution in [0, 0.1) is 0 Å². The van der Waals surface area contributed by atoms with Crippen molar-refractivity contribution >= 4 is 11.4 Å². The molecule has 3 nitrogen and oxygen atoms in total. The summed E-state index contributed by atoms with van der Waals surface area (Å²) in [7, 11) is 0. The zero-order valence-electron chi connectivity index (χ0n) is 13.0. The van der Waals surface area contributed by atoms with Crippen LogP contribution in [0.5, 0.6) is 0 Å². The molecule has 1 aromatic rings. The van der Waals surface area contributed by atoms with E-state index in [9.17, 15) is 0 Å². The highest BCUT2D eigenvalue weighted by Crippen LogP contribution is 2.16. The standard InChI is InChI=1S/C18H27N3/c1-3-4-5-6-9-16-11-13-17(14-12-16)15(2)8-7-10-18(19)21-20/h7-8,11-14H,2-6,9-10,20H2,1H3,(H2,19,21)/b8-7-. The first-order valence-corrected chi connectivity index (χ1v) is 7.64. The van der Waals surface area contributed by atoms with Gasteiger partial charge >= 0.3 is 0 Å². The van der Waals surface area contributed by atoms with Crippen molar-refractivity contribution in [2.45, 2.75) is 45.4 Å². The number of benzene rings is 1. The lowest BCUT2D eigenvalue weighted by Gasteiger charge is -2.04. The molecule has 0 unspecified atom stereocenters. The van der Waals surface area contributed by atoms with Crippen molar-refractivity contribution in [2.75, 3.05) is 0 Å². The van der Waals surface area contributed by atoms with Crippen LogP contribution in [0.3, 0.4) is 0 Å². The highest BCUT2D eigenvalue weighted by atomic mass is 15.1. The molecule has 0 aliphatic rings. The van der Waals surface area contributed by atoms with Crippen LogP contribution in [-0.4, -0.2) is 5.84 Å². The fourth-order valence-corrected chi connectivity index (χ4v) is 2.11. The molecule has 1 aromatic carbocycles. The van der Waals surface area contributed by atoms with Gasteiger partial charge in [-0.3, -0.25) is 0 Å². The number of aryl methyl sites for hydroxylation is 1. The first kappa shape index (κ1) is 17.0. The van der Waals surface area contributed by atoms with Crippen LogP contribution in [0.25, 0.3) is 5.57 Å². The first-order valence-electron chi connectivity index (χ1n) is 7.64. The Morgan fingerprint density at radius 2 is 1.90 bits per heavy atom. The summed E-state index contributed by atoms with van der Waals surface area (Å²) in [5.41, 5.74) is 9.03. The molecule has 4 N–H and O–H groups in total. The Labute approximate surface area is 128 Å². The lowest BCUT2D eigenvalue weighted by atomic mass is 10.0. The molecule has 0 bridgehead atoms. The van der Waals surface area contributed by atoms with Gasteiger partial charge in [0.1, 0.15) is 5.84 Å². The SMILES string of the molecule is C=C(/C=C\C/C(N)=N/N)c1ccc(CCCCCC)cc1. The van der Waals surface area contributed by atoms with Gasteiger partial charge in [-0.15, -0.1) is 0 Å². The molecule has 0 amide bonds. The van der Waals surface area contributed by atoms with E-state index < -0.39 is 0 Å². The molecule has 0 aliphatic carbocycles. The average Bonchev–Trinajstić information content (AvgIpc) is 2.51. The molecule has 0 spiro atoms. The number of rotatable bonds is 9. The van der Waals surface area contributed by atoms with Gasteiger partial charge in [-0.05, 0) is 29.5 Å². The van der Waals surface area contributed by atoms with Crippen LogP contribution in [0.2, 0.25) is 0 Å². The van der Waals surface area contributed by atoms with Gasteiger partial charge in [0, 0.05) is 6.42 Å². The number of hydrazone groups is 1. The van der Waals surface area contributed by atoms with Crippen LogP contribution in [0.4, 0.5) is 0 Å². The molecule has 0 aromatic heterocycles. The highest BCUT2D eigenvalue weighted by molar-refractivity contribution is 5.82. The maximum absolute atomic E-state index is 5.53. The predicted octanol–water partition coefficient (Wildman–Crippen LogP) is 4.00. The number of nitrogens with two attached hydrogens (primary N) is 2. The Bertz CT molecular complexity index is 484. The van der Waals surface area contributed by atoms with Crippen LogP contribution in [-0.2, 0) is 6.42 Å². The molecule has 3 heteroatoms. The molecule has 0 heterocycles. The van der Waals surface area contributed by atoms with Gasteiger partial charge in [-0.1, -0.05) is 69.2 Å². The van der Waals surface area contributed by atoms with E-state index in [0.29, 0.717) is 12.3 Å². The number of hydrogen-bond acceptors (Lipinski definition) is 2. The topological polar surface area (TPSA) is 64.4 Å². The summed E-state index contributed by atoms with van der Waals surface area (Å²) in [5.74, 6) is 5.50. The van der Waals surface area contributed by atoms with E-state index in [1.54, 1.807) is 0 Å². The lowest BCUT2D eigenvalue weighted by Crippen LogP contribution is -2.12. The van der Waals surface area contributed by atoms with Crippen LogP contribution < -0.4 is 11.6 Å². The Morgan fingerprint density at radius 1 is 1.19 bits per heavy atom. The van der Waals surface area contributed by atoms with Crippen molar-refractivity contribution in [3.8, 4) is 0 Å². The fourth-order valence-electron chi connectivity index (χ4n) is 2.11. The van der Waals surface area contributed by atoms with Crippen LogP contribution >= 0.6 is 0 Å². The summed E-state index contributed by atoms with van der Waals surface area (Å²) in [5, 5.41) is 3.42. The molecular formula is C18H27N3. The van der Waals surface area contributed by atoms with Gasteiger partial charge in [0.25, 0.3) is 0 Å². The maximum Gasteiger partial charge on any atom is 0.123 e. The fraction of sp³-hybridized carbons (Fsp3) is 0.389. The van der Waals surface area contributed by atoms with Gasteiger partial charge in [-0.2, -0.15) is 5.10 Å². The van der Waals surface area contributed by atoms with Crippen molar-refractivity contribution in [3.05, 3.63) is 54.1 Å². The maximum atomic E-state index is 5.53. The Morgan fingerprint density at radius 3 is 2.52 bits per heavy atom. The molecule has 0 saturated carbocycles. The van der Waals surface area contributed by atoms with Crippen LogP contribution in [0.15, 0.2) is 48.1 Å². The van der Waals surface area contributed by atoms with E-state index in [0.717, 1.165) is 17.6 Å². The second-order valence-corrected chi connectivity index (χ2v) is 5.26. The average molecular weight is 285 g/mol. The number of hydrogen-bond donors (Lipinski definition) is 2. The number of allylic oxidation sites excluding steroid dienone is 2.